The van der Waals surface area contributed by atoms with Crippen molar-refractivity contribution in [2.75, 3.05) is 6.54 Å². The van der Waals surface area contributed by atoms with Crippen molar-refractivity contribution in [3.63, 3.8) is 0 Å². The van der Waals surface area contributed by atoms with Crippen molar-refractivity contribution in [2.24, 2.45) is 5.73 Å². The Morgan fingerprint density at radius 2 is 2.36 bits per heavy atom. The van der Waals surface area contributed by atoms with Gasteiger partial charge in [-0.1, -0.05) is 13.8 Å². The van der Waals surface area contributed by atoms with Crippen LogP contribution in [0.3, 0.4) is 0 Å². The van der Waals surface area contributed by atoms with Crippen molar-refractivity contribution in [3.8, 4) is 0 Å². The summed E-state index contributed by atoms with van der Waals surface area (Å²) in [6, 6.07) is 0. The summed E-state index contributed by atoms with van der Waals surface area (Å²) in [6.45, 7) is 4.78. The van der Waals surface area contributed by atoms with Crippen LogP contribution in [0.2, 0.25) is 0 Å². The van der Waals surface area contributed by atoms with Crippen molar-refractivity contribution >= 4 is 5.91 Å². The Hall–Kier alpha value is -1.29. The molecule has 0 bridgehead atoms. The minimum absolute atomic E-state index is 0.385. The highest BCUT2D eigenvalue weighted by atomic mass is 16.1. The number of dihydropyridines is 1. The van der Waals surface area contributed by atoms with E-state index in [1.54, 1.807) is 12.2 Å². The molecular weight excluding hydrogens is 178 g/mol. The highest BCUT2D eigenvalue weighted by molar-refractivity contribution is 5.94. The van der Waals surface area contributed by atoms with Crippen molar-refractivity contribution in [1.29, 1.82) is 0 Å². The van der Waals surface area contributed by atoms with Gasteiger partial charge in [-0.05, 0) is 31.3 Å². The third-order valence-corrected chi connectivity index (χ3v) is 2.42. The maximum absolute atomic E-state index is 11.2. The van der Waals surface area contributed by atoms with Gasteiger partial charge in [0.15, 0.2) is 0 Å². The summed E-state index contributed by atoms with van der Waals surface area (Å²) >= 11 is 0. The number of hydrogen-bond donors (Lipinski definition) is 3. The molecule has 1 aliphatic rings. The Bertz CT molecular complexity index is 283. The van der Waals surface area contributed by atoms with Gasteiger partial charge in [0.2, 0.25) is 5.91 Å². The summed E-state index contributed by atoms with van der Waals surface area (Å²) in [5.74, 6) is -0.385. The fourth-order valence-electron chi connectivity index (χ4n) is 1.71. The Morgan fingerprint density at radius 1 is 1.64 bits per heavy atom. The number of hydrogen-bond acceptors (Lipinski definition) is 3. The number of amides is 1. The molecule has 4 N–H and O–H groups in total. The molecule has 1 heterocycles. The molecule has 1 atom stereocenters. The maximum Gasteiger partial charge on any atom is 0.248 e. The molecule has 0 fully saturated rings. The molecule has 1 amide bonds. The first-order valence-electron chi connectivity index (χ1n) is 4.86. The molecule has 0 aromatic rings. The molecule has 4 nitrogen and oxygen atoms in total. The van der Waals surface area contributed by atoms with E-state index >= 15 is 0 Å². The van der Waals surface area contributed by atoms with Crippen LogP contribution >= 0.6 is 0 Å². The predicted octanol–water partition coefficient (Wildman–Crippen LogP) is 0.231. The monoisotopic (exact) mass is 195 g/mol. The Balaban J connectivity index is 2.99. The van der Waals surface area contributed by atoms with E-state index in [1.165, 1.54) is 0 Å². The second-order valence-corrected chi connectivity index (χ2v) is 3.24. The normalized spacial score (nSPS) is 25.4. The lowest BCUT2D eigenvalue weighted by atomic mass is 9.93. The van der Waals surface area contributed by atoms with Gasteiger partial charge in [0.1, 0.15) is 5.66 Å². The van der Waals surface area contributed by atoms with Gasteiger partial charge in [-0.15, -0.1) is 0 Å². The van der Waals surface area contributed by atoms with Crippen LogP contribution in [-0.2, 0) is 4.79 Å². The number of likely N-dealkylation sites (N-methyl/N-ethyl adjacent to an activating group) is 1. The topological polar surface area (TPSA) is 67.2 Å². The highest BCUT2D eigenvalue weighted by Crippen LogP contribution is 2.20. The number of carbonyl (C=O) groups is 1. The zero-order valence-corrected chi connectivity index (χ0v) is 8.63. The number of allylic oxidation sites excluding steroid dienone is 2. The molecule has 78 valence electrons. The van der Waals surface area contributed by atoms with Crippen molar-refractivity contribution in [1.82, 2.24) is 10.6 Å². The number of carbonyl (C=O) groups excluding carboxylic acids is 1. The summed E-state index contributed by atoms with van der Waals surface area (Å²) in [5.41, 5.74) is 5.42. The van der Waals surface area contributed by atoms with Crippen LogP contribution in [0, 0.1) is 0 Å². The maximum atomic E-state index is 11.2. The van der Waals surface area contributed by atoms with Gasteiger partial charge in [0, 0.05) is 0 Å². The van der Waals surface area contributed by atoms with Crippen LogP contribution < -0.4 is 16.4 Å². The Labute approximate surface area is 84.2 Å². The minimum Gasteiger partial charge on any atom is -0.369 e. The number of nitrogens with two attached hydrogens (primary N) is 1. The molecule has 4 heteroatoms. The van der Waals surface area contributed by atoms with E-state index in [4.69, 9.17) is 5.73 Å². The van der Waals surface area contributed by atoms with Crippen molar-refractivity contribution in [3.05, 3.63) is 23.9 Å². The van der Waals surface area contributed by atoms with Crippen molar-refractivity contribution in [2.45, 2.75) is 25.9 Å². The second kappa shape index (κ2) is 4.28. The number of primary amides is 1. The van der Waals surface area contributed by atoms with Crippen LogP contribution in [-0.4, -0.2) is 18.1 Å². The van der Waals surface area contributed by atoms with Gasteiger partial charge >= 0.3 is 0 Å². The van der Waals surface area contributed by atoms with Crippen LogP contribution in [0.15, 0.2) is 23.9 Å². The van der Waals surface area contributed by atoms with E-state index in [0.29, 0.717) is 5.57 Å². The summed E-state index contributed by atoms with van der Waals surface area (Å²) in [5, 5.41) is 6.40. The van der Waals surface area contributed by atoms with E-state index in [1.807, 2.05) is 20.0 Å². The quantitative estimate of drug-likeness (QED) is 0.601. The standard InChI is InChI=1S/C10H17N3O/c1-3-10(12-4-2)8(9(11)14)6-5-7-13-10/h5-7,12-13H,3-4H2,1-2H3,(H2,11,14). The fourth-order valence-corrected chi connectivity index (χ4v) is 1.71. The summed E-state index contributed by atoms with van der Waals surface area (Å²) in [4.78, 5) is 11.2. The minimum atomic E-state index is -0.491. The van der Waals surface area contributed by atoms with Crippen LogP contribution in [0.5, 0.6) is 0 Å². The van der Waals surface area contributed by atoms with E-state index in [0.717, 1.165) is 13.0 Å². The van der Waals surface area contributed by atoms with Gasteiger partial charge in [0.25, 0.3) is 0 Å². The molecular formula is C10H17N3O. The summed E-state index contributed by atoms with van der Waals surface area (Å²) in [6.07, 6.45) is 6.12. The summed E-state index contributed by atoms with van der Waals surface area (Å²) < 4.78 is 0. The van der Waals surface area contributed by atoms with E-state index in [9.17, 15) is 4.79 Å². The lowest BCUT2D eigenvalue weighted by Gasteiger charge is -2.36. The Morgan fingerprint density at radius 3 is 2.86 bits per heavy atom. The zero-order valence-electron chi connectivity index (χ0n) is 8.63. The SMILES string of the molecule is CCNC1(CC)NC=CC=C1C(N)=O. The first-order valence-corrected chi connectivity index (χ1v) is 4.86. The molecule has 0 aliphatic carbocycles. The van der Waals surface area contributed by atoms with Crippen LogP contribution in [0.4, 0.5) is 0 Å². The van der Waals surface area contributed by atoms with Gasteiger partial charge in [-0.25, -0.2) is 0 Å². The zero-order chi connectivity index (χ0) is 10.6. The average molecular weight is 195 g/mol. The van der Waals surface area contributed by atoms with Gasteiger partial charge in [-0.2, -0.15) is 0 Å². The van der Waals surface area contributed by atoms with Gasteiger partial charge < -0.3 is 11.1 Å². The third-order valence-electron chi connectivity index (χ3n) is 2.42. The lowest BCUT2D eigenvalue weighted by Crippen LogP contribution is -2.59. The molecule has 0 aromatic carbocycles. The third kappa shape index (κ3) is 1.80. The second-order valence-electron chi connectivity index (χ2n) is 3.24. The fraction of sp³-hybridized carbons (Fsp3) is 0.500. The molecule has 14 heavy (non-hydrogen) atoms. The van der Waals surface area contributed by atoms with Gasteiger partial charge in [0.05, 0.1) is 5.57 Å². The Kier molecular flexibility index (Phi) is 3.30. The molecule has 0 aromatic heterocycles. The number of nitrogens with one attached hydrogen (secondary N) is 2. The molecule has 0 spiro atoms. The van der Waals surface area contributed by atoms with E-state index in [2.05, 4.69) is 10.6 Å². The molecule has 1 aliphatic heterocycles. The first-order chi connectivity index (χ1) is 6.66. The van der Waals surface area contributed by atoms with Crippen LogP contribution in [0.1, 0.15) is 20.3 Å². The smallest absolute Gasteiger partial charge is 0.248 e. The first kappa shape index (κ1) is 10.8. The molecule has 0 saturated carbocycles. The molecule has 0 radical (unpaired) electrons. The van der Waals surface area contributed by atoms with E-state index < -0.39 is 5.66 Å². The van der Waals surface area contributed by atoms with Crippen molar-refractivity contribution < 1.29 is 4.79 Å². The molecule has 1 unspecified atom stereocenters. The molecule has 1 rings (SSSR count). The largest absolute Gasteiger partial charge is 0.369 e. The number of rotatable bonds is 4. The molecule has 0 saturated heterocycles. The average Bonchev–Trinajstić information content (AvgIpc) is 2.18. The highest BCUT2D eigenvalue weighted by Gasteiger charge is 2.34. The van der Waals surface area contributed by atoms with Gasteiger partial charge in [-0.3, -0.25) is 10.1 Å². The predicted molar refractivity (Wildman–Crippen MR) is 56.3 cm³/mol. The van der Waals surface area contributed by atoms with E-state index in [-0.39, 0.29) is 5.91 Å². The summed E-state index contributed by atoms with van der Waals surface area (Å²) in [7, 11) is 0. The lowest BCUT2D eigenvalue weighted by molar-refractivity contribution is -0.115. The van der Waals surface area contributed by atoms with Crippen LogP contribution in [0.25, 0.3) is 0 Å².